The molecule has 1 aromatic carbocycles. The minimum absolute atomic E-state index is 0.176. The van der Waals surface area contributed by atoms with Crippen LogP contribution in [0.3, 0.4) is 0 Å². The lowest BCUT2D eigenvalue weighted by Gasteiger charge is -2.11. The third-order valence-electron chi connectivity index (χ3n) is 2.25. The van der Waals surface area contributed by atoms with Gasteiger partial charge in [0.25, 0.3) is 0 Å². The summed E-state index contributed by atoms with van der Waals surface area (Å²) in [7, 11) is 0. The summed E-state index contributed by atoms with van der Waals surface area (Å²) in [4.78, 5) is 22.4. The van der Waals surface area contributed by atoms with E-state index in [1.54, 1.807) is 31.2 Å². The molecule has 0 bridgehead atoms. The SMILES string of the molecule is CCOC(=O)CC(C(=O)O)c1ccc(Cl)cc1. The molecule has 0 aliphatic rings. The third-order valence-corrected chi connectivity index (χ3v) is 2.50. The Morgan fingerprint density at radius 3 is 2.41 bits per heavy atom. The number of halogens is 1. The monoisotopic (exact) mass is 256 g/mol. The van der Waals surface area contributed by atoms with E-state index in [1.807, 2.05) is 0 Å². The van der Waals surface area contributed by atoms with E-state index in [2.05, 4.69) is 0 Å². The van der Waals surface area contributed by atoms with Crippen LogP contribution in [0.25, 0.3) is 0 Å². The van der Waals surface area contributed by atoms with Gasteiger partial charge in [-0.2, -0.15) is 0 Å². The maximum atomic E-state index is 11.3. The summed E-state index contributed by atoms with van der Waals surface area (Å²) in [6.45, 7) is 1.92. The third kappa shape index (κ3) is 4.07. The molecule has 17 heavy (non-hydrogen) atoms. The van der Waals surface area contributed by atoms with Gasteiger partial charge in [0, 0.05) is 5.02 Å². The second kappa shape index (κ2) is 6.25. The first kappa shape index (κ1) is 13.5. The van der Waals surface area contributed by atoms with Gasteiger partial charge in [0.15, 0.2) is 0 Å². The van der Waals surface area contributed by atoms with Crippen molar-refractivity contribution in [3.05, 3.63) is 34.9 Å². The van der Waals surface area contributed by atoms with Crippen LogP contribution in [0.4, 0.5) is 0 Å². The van der Waals surface area contributed by atoms with Crippen LogP contribution in [0.1, 0.15) is 24.8 Å². The van der Waals surface area contributed by atoms with Gasteiger partial charge >= 0.3 is 11.9 Å². The normalized spacial score (nSPS) is 11.9. The number of carbonyl (C=O) groups excluding carboxylic acids is 1. The number of esters is 1. The van der Waals surface area contributed by atoms with Crippen molar-refractivity contribution in [2.45, 2.75) is 19.3 Å². The molecular formula is C12H13ClO4. The zero-order valence-corrected chi connectivity index (χ0v) is 10.1. The highest BCUT2D eigenvalue weighted by atomic mass is 35.5. The number of hydrogen-bond acceptors (Lipinski definition) is 3. The van der Waals surface area contributed by atoms with Crippen LogP contribution < -0.4 is 0 Å². The minimum atomic E-state index is -1.06. The number of ether oxygens (including phenoxy) is 1. The smallest absolute Gasteiger partial charge is 0.311 e. The first-order chi connectivity index (χ1) is 8.04. The lowest BCUT2D eigenvalue weighted by Crippen LogP contribution is -2.17. The van der Waals surface area contributed by atoms with Gasteiger partial charge in [-0.1, -0.05) is 23.7 Å². The van der Waals surface area contributed by atoms with Crippen molar-refractivity contribution in [1.82, 2.24) is 0 Å². The van der Waals surface area contributed by atoms with Crippen LogP contribution in [0.15, 0.2) is 24.3 Å². The first-order valence-electron chi connectivity index (χ1n) is 5.18. The minimum Gasteiger partial charge on any atom is -0.481 e. The summed E-state index contributed by atoms with van der Waals surface area (Å²) in [6.07, 6.45) is -0.176. The van der Waals surface area contributed by atoms with Gasteiger partial charge in [0.2, 0.25) is 0 Å². The summed E-state index contributed by atoms with van der Waals surface area (Å²) in [5, 5.41) is 9.59. The summed E-state index contributed by atoms with van der Waals surface area (Å²) >= 11 is 5.71. The molecule has 0 aromatic heterocycles. The molecule has 0 spiro atoms. The van der Waals surface area contributed by atoms with E-state index in [0.29, 0.717) is 10.6 Å². The number of carboxylic acid groups (broad SMARTS) is 1. The van der Waals surface area contributed by atoms with Crippen LogP contribution in [0.5, 0.6) is 0 Å². The van der Waals surface area contributed by atoms with Crippen LogP contribution in [0, 0.1) is 0 Å². The van der Waals surface area contributed by atoms with Crippen molar-refractivity contribution in [2.24, 2.45) is 0 Å². The molecule has 0 aliphatic carbocycles. The number of hydrogen-bond donors (Lipinski definition) is 1. The molecule has 5 heteroatoms. The Bertz CT molecular complexity index is 399. The van der Waals surface area contributed by atoms with Crippen LogP contribution in [-0.4, -0.2) is 23.7 Å². The average Bonchev–Trinajstić information content (AvgIpc) is 2.27. The quantitative estimate of drug-likeness (QED) is 0.822. The predicted molar refractivity (Wildman–Crippen MR) is 63.1 cm³/mol. The molecule has 4 nitrogen and oxygen atoms in total. The van der Waals surface area contributed by atoms with Crippen molar-refractivity contribution in [2.75, 3.05) is 6.61 Å². The number of carbonyl (C=O) groups is 2. The van der Waals surface area contributed by atoms with Crippen molar-refractivity contribution >= 4 is 23.5 Å². The molecule has 92 valence electrons. The second-order valence-corrected chi connectivity index (χ2v) is 3.89. The Balaban J connectivity index is 2.82. The van der Waals surface area contributed by atoms with Gasteiger partial charge in [-0.3, -0.25) is 9.59 Å². The van der Waals surface area contributed by atoms with Crippen LogP contribution in [-0.2, 0) is 14.3 Å². The fourth-order valence-electron chi connectivity index (χ4n) is 1.43. The highest BCUT2D eigenvalue weighted by Crippen LogP contribution is 2.22. The Hall–Kier alpha value is -1.55. The summed E-state index contributed by atoms with van der Waals surface area (Å²) in [6, 6.07) is 6.39. The van der Waals surface area contributed by atoms with Crippen molar-refractivity contribution < 1.29 is 19.4 Å². The van der Waals surface area contributed by atoms with Crippen molar-refractivity contribution in [3.8, 4) is 0 Å². The Labute approximate surface area is 104 Å². The molecule has 1 atom stereocenters. The number of benzene rings is 1. The lowest BCUT2D eigenvalue weighted by atomic mass is 9.96. The molecule has 1 aromatic rings. The molecule has 1 rings (SSSR count). The number of aliphatic carboxylic acids is 1. The van der Waals surface area contributed by atoms with Crippen molar-refractivity contribution in [1.29, 1.82) is 0 Å². The molecule has 0 amide bonds. The van der Waals surface area contributed by atoms with E-state index in [0.717, 1.165) is 0 Å². The van der Waals surface area contributed by atoms with E-state index in [1.165, 1.54) is 0 Å². The van der Waals surface area contributed by atoms with Crippen LogP contribution in [0.2, 0.25) is 5.02 Å². The van der Waals surface area contributed by atoms with E-state index in [4.69, 9.17) is 21.4 Å². The van der Waals surface area contributed by atoms with Gasteiger partial charge < -0.3 is 9.84 Å². The molecule has 0 aliphatic heterocycles. The van der Waals surface area contributed by atoms with E-state index < -0.39 is 17.9 Å². The molecule has 0 heterocycles. The summed E-state index contributed by atoms with van der Waals surface area (Å²) in [5.41, 5.74) is 0.537. The molecule has 1 N–H and O–H groups in total. The molecule has 0 saturated carbocycles. The van der Waals surface area contributed by atoms with Gasteiger partial charge in [0.1, 0.15) is 0 Å². The highest BCUT2D eigenvalue weighted by Gasteiger charge is 2.23. The summed E-state index contributed by atoms with van der Waals surface area (Å²) < 4.78 is 4.74. The Morgan fingerprint density at radius 1 is 1.35 bits per heavy atom. The second-order valence-electron chi connectivity index (χ2n) is 3.45. The molecule has 0 radical (unpaired) electrons. The first-order valence-corrected chi connectivity index (χ1v) is 5.56. The average molecular weight is 257 g/mol. The zero-order valence-electron chi connectivity index (χ0n) is 9.35. The maximum absolute atomic E-state index is 11.3. The number of carboxylic acids is 1. The van der Waals surface area contributed by atoms with E-state index >= 15 is 0 Å². The largest absolute Gasteiger partial charge is 0.481 e. The molecule has 0 saturated heterocycles. The van der Waals surface area contributed by atoms with E-state index in [-0.39, 0.29) is 13.0 Å². The Morgan fingerprint density at radius 2 is 1.94 bits per heavy atom. The van der Waals surface area contributed by atoms with Crippen LogP contribution >= 0.6 is 11.6 Å². The van der Waals surface area contributed by atoms with Crippen molar-refractivity contribution in [3.63, 3.8) is 0 Å². The highest BCUT2D eigenvalue weighted by molar-refractivity contribution is 6.30. The predicted octanol–water partition coefficient (Wildman–Crippen LogP) is 2.46. The van der Waals surface area contributed by atoms with Gasteiger partial charge in [-0.15, -0.1) is 0 Å². The van der Waals surface area contributed by atoms with Gasteiger partial charge in [-0.05, 0) is 24.6 Å². The molecule has 0 fully saturated rings. The standard InChI is InChI=1S/C12H13ClO4/c1-2-17-11(14)7-10(12(15)16)8-3-5-9(13)6-4-8/h3-6,10H,2,7H2,1H3,(H,15,16). The topological polar surface area (TPSA) is 63.6 Å². The zero-order chi connectivity index (χ0) is 12.8. The fraction of sp³-hybridized carbons (Fsp3) is 0.333. The number of rotatable bonds is 5. The molecule has 1 unspecified atom stereocenters. The van der Waals surface area contributed by atoms with Gasteiger partial charge in [0.05, 0.1) is 18.9 Å². The van der Waals surface area contributed by atoms with E-state index in [9.17, 15) is 9.59 Å². The maximum Gasteiger partial charge on any atom is 0.311 e. The molecular weight excluding hydrogens is 244 g/mol. The summed E-state index contributed by atoms with van der Waals surface area (Å²) in [5.74, 6) is -2.47. The van der Waals surface area contributed by atoms with Gasteiger partial charge in [-0.25, -0.2) is 0 Å². The Kier molecular flexibility index (Phi) is 4.97. The lowest BCUT2D eigenvalue weighted by molar-refractivity contribution is -0.148. The fourth-order valence-corrected chi connectivity index (χ4v) is 1.56.